The van der Waals surface area contributed by atoms with Gasteiger partial charge < -0.3 is 14.8 Å². The molecule has 3 unspecified atom stereocenters. The van der Waals surface area contributed by atoms with Gasteiger partial charge in [0.25, 0.3) is 5.79 Å². The lowest BCUT2D eigenvalue weighted by Crippen LogP contribution is -2.48. The van der Waals surface area contributed by atoms with Gasteiger partial charge in [0.1, 0.15) is 0 Å². The quantitative estimate of drug-likeness (QED) is 0.758. The summed E-state index contributed by atoms with van der Waals surface area (Å²) in [5, 5.41) is 3.07. The maximum atomic E-state index is 12.3. The maximum Gasteiger partial charge on any atom is 0.316 e. The Bertz CT molecular complexity index is 344. The van der Waals surface area contributed by atoms with E-state index in [1.54, 1.807) is 6.92 Å². The van der Waals surface area contributed by atoms with Crippen molar-refractivity contribution in [3.8, 4) is 0 Å². The first-order chi connectivity index (χ1) is 8.27. The molecule has 0 aromatic heterocycles. The normalized spacial score (nSPS) is 28.4. The second-order valence-corrected chi connectivity index (χ2v) is 5.28. The van der Waals surface area contributed by atoms with E-state index in [9.17, 15) is 9.59 Å². The number of hydrogen-bond acceptors (Lipinski definition) is 5. The molecule has 1 N–H and O–H groups in total. The van der Waals surface area contributed by atoms with Crippen LogP contribution in [0.1, 0.15) is 47.0 Å². The molecule has 1 fully saturated rings. The van der Waals surface area contributed by atoms with Crippen molar-refractivity contribution in [2.75, 3.05) is 7.05 Å². The Labute approximate surface area is 108 Å². The lowest BCUT2D eigenvalue weighted by molar-refractivity contribution is -0.216. The Kier molecular flexibility index (Phi) is 4.37. The van der Waals surface area contributed by atoms with Gasteiger partial charge in [-0.15, -0.1) is 0 Å². The second-order valence-electron chi connectivity index (χ2n) is 5.28. The summed E-state index contributed by atoms with van der Waals surface area (Å²) in [6, 6.07) is -0.0179. The van der Waals surface area contributed by atoms with Gasteiger partial charge >= 0.3 is 11.9 Å². The average Bonchev–Trinajstić information content (AvgIpc) is 2.66. The number of ether oxygens (including phenoxy) is 2. The number of esters is 2. The third kappa shape index (κ3) is 2.83. The maximum absolute atomic E-state index is 12.3. The molecule has 3 atom stereocenters. The highest BCUT2D eigenvalue weighted by atomic mass is 16.7. The van der Waals surface area contributed by atoms with Crippen LogP contribution in [0, 0.1) is 5.41 Å². The average molecular weight is 257 g/mol. The molecule has 0 aromatic rings. The first kappa shape index (κ1) is 15.0. The van der Waals surface area contributed by atoms with E-state index in [-0.39, 0.29) is 18.0 Å². The van der Waals surface area contributed by atoms with Crippen molar-refractivity contribution in [2.45, 2.75) is 58.8 Å². The van der Waals surface area contributed by atoms with Gasteiger partial charge in [0.2, 0.25) is 0 Å². The van der Waals surface area contributed by atoms with Crippen LogP contribution in [0.15, 0.2) is 0 Å². The van der Waals surface area contributed by atoms with Crippen LogP contribution in [0.2, 0.25) is 0 Å². The van der Waals surface area contributed by atoms with E-state index < -0.39 is 11.2 Å². The summed E-state index contributed by atoms with van der Waals surface area (Å²) in [7, 11) is 1.81. The Balaban J connectivity index is 2.77. The highest BCUT2D eigenvalue weighted by Gasteiger charge is 2.45. The molecule has 5 nitrogen and oxygen atoms in total. The summed E-state index contributed by atoms with van der Waals surface area (Å²) in [5.41, 5.74) is -0.632. The van der Waals surface area contributed by atoms with Gasteiger partial charge in [0.15, 0.2) is 0 Å². The molecule has 0 saturated carbocycles. The topological polar surface area (TPSA) is 64.6 Å². The van der Waals surface area contributed by atoms with Crippen molar-refractivity contribution in [1.82, 2.24) is 5.32 Å². The summed E-state index contributed by atoms with van der Waals surface area (Å²) < 4.78 is 10.5. The molecule has 0 aromatic carbocycles. The van der Waals surface area contributed by atoms with Crippen LogP contribution in [-0.2, 0) is 19.1 Å². The van der Waals surface area contributed by atoms with Gasteiger partial charge in [-0.3, -0.25) is 9.59 Å². The third-order valence-corrected chi connectivity index (χ3v) is 4.01. The lowest BCUT2D eigenvalue weighted by atomic mass is 9.80. The standard InChI is InChI=1S/C13H23NO4/c1-6-12(3,9(2)14-5)11(16)18-13(4)8-7-10(15)17-13/h9,14H,6-8H2,1-5H3. The van der Waals surface area contributed by atoms with Gasteiger partial charge in [-0.25, -0.2) is 0 Å². The van der Waals surface area contributed by atoms with Crippen LogP contribution in [-0.4, -0.2) is 30.8 Å². The number of hydrogen-bond donors (Lipinski definition) is 1. The highest BCUT2D eigenvalue weighted by Crippen LogP contribution is 2.34. The second kappa shape index (κ2) is 5.26. The van der Waals surface area contributed by atoms with Crippen LogP contribution >= 0.6 is 0 Å². The van der Waals surface area contributed by atoms with Crippen molar-refractivity contribution in [2.24, 2.45) is 5.41 Å². The van der Waals surface area contributed by atoms with Gasteiger partial charge in [-0.2, -0.15) is 0 Å². The first-order valence-corrected chi connectivity index (χ1v) is 6.40. The Morgan fingerprint density at radius 3 is 2.67 bits per heavy atom. The molecule has 0 bridgehead atoms. The fourth-order valence-corrected chi connectivity index (χ4v) is 2.00. The van der Waals surface area contributed by atoms with E-state index in [1.165, 1.54) is 0 Å². The number of carbonyl (C=O) groups is 2. The van der Waals surface area contributed by atoms with E-state index in [1.807, 2.05) is 27.8 Å². The van der Waals surface area contributed by atoms with Gasteiger partial charge in [0.05, 0.1) is 11.8 Å². The molecular formula is C13H23NO4. The van der Waals surface area contributed by atoms with Gasteiger partial charge in [0, 0.05) is 19.4 Å². The van der Waals surface area contributed by atoms with E-state index in [4.69, 9.17) is 9.47 Å². The molecule has 0 spiro atoms. The van der Waals surface area contributed by atoms with E-state index in [2.05, 4.69) is 5.32 Å². The van der Waals surface area contributed by atoms with Crippen LogP contribution in [0.5, 0.6) is 0 Å². The fraction of sp³-hybridized carbons (Fsp3) is 0.846. The van der Waals surface area contributed by atoms with Gasteiger partial charge in [-0.05, 0) is 27.3 Å². The highest BCUT2D eigenvalue weighted by molar-refractivity contribution is 5.78. The van der Waals surface area contributed by atoms with Crippen molar-refractivity contribution in [1.29, 1.82) is 0 Å². The van der Waals surface area contributed by atoms with Crippen LogP contribution in [0.3, 0.4) is 0 Å². The predicted octanol–water partition coefficient (Wildman–Crippen LogP) is 1.61. The summed E-state index contributed by atoms with van der Waals surface area (Å²) in [6.45, 7) is 7.37. The molecule has 1 heterocycles. The predicted molar refractivity (Wildman–Crippen MR) is 66.7 cm³/mol. The van der Waals surface area contributed by atoms with Crippen molar-refractivity contribution >= 4 is 11.9 Å². The zero-order chi connectivity index (χ0) is 14.0. The van der Waals surface area contributed by atoms with E-state index in [0.29, 0.717) is 19.3 Å². The number of nitrogens with one attached hydrogen (secondary N) is 1. The molecular weight excluding hydrogens is 234 g/mol. The summed E-state index contributed by atoms with van der Waals surface area (Å²) in [6.07, 6.45) is 1.37. The smallest absolute Gasteiger partial charge is 0.316 e. The largest absolute Gasteiger partial charge is 0.423 e. The minimum atomic E-state index is -1.10. The molecule has 0 amide bonds. The van der Waals surface area contributed by atoms with E-state index in [0.717, 1.165) is 0 Å². The summed E-state index contributed by atoms with van der Waals surface area (Å²) >= 11 is 0. The minimum absolute atomic E-state index is 0.0179. The fourth-order valence-electron chi connectivity index (χ4n) is 2.00. The number of rotatable bonds is 5. The molecule has 1 rings (SSSR count). The van der Waals surface area contributed by atoms with Gasteiger partial charge in [-0.1, -0.05) is 6.92 Å². The first-order valence-electron chi connectivity index (χ1n) is 6.40. The molecule has 0 aliphatic carbocycles. The molecule has 1 saturated heterocycles. The third-order valence-electron chi connectivity index (χ3n) is 4.01. The summed E-state index contributed by atoms with van der Waals surface area (Å²) in [4.78, 5) is 23.4. The zero-order valence-corrected chi connectivity index (χ0v) is 11.8. The lowest BCUT2D eigenvalue weighted by Gasteiger charge is -2.35. The van der Waals surface area contributed by atoms with Crippen molar-refractivity contribution < 1.29 is 19.1 Å². The Morgan fingerprint density at radius 2 is 2.28 bits per heavy atom. The Hall–Kier alpha value is -1.10. The molecule has 1 aliphatic rings. The zero-order valence-electron chi connectivity index (χ0n) is 11.8. The van der Waals surface area contributed by atoms with Crippen LogP contribution in [0.25, 0.3) is 0 Å². The molecule has 0 radical (unpaired) electrons. The number of carbonyl (C=O) groups excluding carboxylic acids is 2. The summed E-state index contributed by atoms with van der Waals surface area (Å²) in [5.74, 6) is -1.74. The number of cyclic esters (lactones) is 1. The molecule has 1 aliphatic heterocycles. The monoisotopic (exact) mass is 257 g/mol. The Morgan fingerprint density at radius 1 is 1.67 bits per heavy atom. The van der Waals surface area contributed by atoms with Crippen LogP contribution in [0.4, 0.5) is 0 Å². The SMILES string of the molecule is CCC(C)(C(=O)OC1(C)CCC(=O)O1)C(C)NC. The minimum Gasteiger partial charge on any atom is -0.423 e. The van der Waals surface area contributed by atoms with Crippen LogP contribution < -0.4 is 5.32 Å². The molecule has 18 heavy (non-hydrogen) atoms. The van der Waals surface area contributed by atoms with Crippen molar-refractivity contribution in [3.05, 3.63) is 0 Å². The van der Waals surface area contributed by atoms with E-state index >= 15 is 0 Å². The van der Waals surface area contributed by atoms with Crippen molar-refractivity contribution in [3.63, 3.8) is 0 Å². The molecule has 104 valence electrons. The molecule has 5 heteroatoms.